The average molecular weight is 429 g/mol. The molecule has 5 aromatic rings. The quantitative estimate of drug-likeness (QED) is 0.425. The number of hydrogen-bond donors (Lipinski definition) is 0. The van der Waals surface area contributed by atoms with Crippen molar-refractivity contribution in [3.05, 3.63) is 88.2 Å². The van der Waals surface area contributed by atoms with Gasteiger partial charge >= 0.3 is 0 Å². The number of ether oxygens (including phenoxy) is 1. The van der Waals surface area contributed by atoms with Crippen molar-refractivity contribution in [2.75, 3.05) is 7.11 Å². The minimum atomic E-state index is -0.311. The fourth-order valence-electron chi connectivity index (χ4n) is 3.86. The number of nitrogens with zero attached hydrogens (tertiary/aromatic N) is 5. The third-order valence-corrected chi connectivity index (χ3v) is 5.56. The molecule has 0 fully saturated rings. The van der Waals surface area contributed by atoms with E-state index in [1.54, 1.807) is 34.5 Å². The summed E-state index contributed by atoms with van der Waals surface area (Å²) in [6, 6.07) is 15.8. The summed E-state index contributed by atoms with van der Waals surface area (Å²) in [4.78, 5) is 13.1. The van der Waals surface area contributed by atoms with Gasteiger partial charge in [-0.1, -0.05) is 24.3 Å². The first-order valence-corrected chi connectivity index (χ1v) is 10.2. The van der Waals surface area contributed by atoms with Gasteiger partial charge in [0.1, 0.15) is 17.1 Å². The normalized spacial score (nSPS) is 11.3. The van der Waals surface area contributed by atoms with Crippen LogP contribution >= 0.6 is 0 Å². The second-order valence-corrected chi connectivity index (χ2v) is 7.55. The summed E-state index contributed by atoms with van der Waals surface area (Å²) in [7, 11) is 1.63. The molecule has 8 heteroatoms. The summed E-state index contributed by atoms with van der Waals surface area (Å²) in [6.07, 6.45) is 2.45. The highest BCUT2D eigenvalue weighted by Crippen LogP contribution is 2.28. The monoisotopic (exact) mass is 429 g/mol. The minimum absolute atomic E-state index is 0.220. The topological polar surface area (TPSA) is 74.3 Å². The number of halogens is 1. The van der Waals surface area contributed by atoms with E-state index in [0.717, 1.165) is 28.1 Å². The van der Waals surface area contributed by atoms with Gasteiger partial charge in [-0.15, -0.1) is 10.2 Å². The first kappa shape index (κ1) is 19.9. The highest BCUT2D eigenvalue weighted by molar-refractivity contribution is 5.84. The van der Waals surface area contributed by atoms with Crippen molar-refractivity contribution in [2.24, 2.45) is 0 Å². The maximum absolute atomic E-state index is 13.3. The van der Waals surface area contributed by atoms with Crippen molar-refractivity contribution in [2.45, 2.75) is 19.9 Å². The zero-order chi connectivity index (χ0) is 22.2. The molecule has 7 nitrogen and oxygen atoms in total. The molecule has 3 heterocycles. The van der Waals surface area contributed by atoms with Crippen LogP contribution in [0.4, 0.5) is 4.39 Å². The number of hydrogen-bond acceptors (Lipinski definition) is 5. The number of pyridine rings is 1. The van der Waals surface area contributed by atoms with E-state index in [2.05, 4.69) is 15.3 Å². The summed E-state index contributed by atoms with van der Waals surface area (Å²) >= 11 is 0. The Morgan fingerprint density at radius 3 is 2.47 bits per heavy atom. The molecular weight excluding hydrogens is 409 g/mol. The van der Waals surface area contributed by atoms with Gasteiger partial charge in [0.25, 0.3) is 5.56 Å². The van der Waals surface area contributed by atoms with Gasteiger partial charge in [-0.3, -0.25) is 4.79 Å². The molecule has 0 unspecified atom stereocenters. The SMILES string of the molecule is COc1ccc(CCn2ccc3c(nnc4c(-c5ccc(F)cc5)c(C)nn43)c2=O)cc1. The summed E-state index contributed by atoms with van der Waals surface area (Å²) in [5, 5.41) is 13.1. The molecule has 160 valence electrons. The third kappa shape index (κ3) is 3.39. The van der Waals surface area contributed by atoms with Gasteiger partial charge < -0.3 is 9.30 Å². The zero-order valence-corrected chi connectivity index (χ0v) is 17.6. The fourth-order valence-corrected chi connectivity index (χ4v) is 3.86. The summed E-state index contributed by atoms with van der Waals surface area (Å²) in [5.41, 5.74) is 4.52. The molecule has 0 N–H and O–H groups in total. The zero-order valence-electron chi connectivity index (χ0n) is 17.6. The van der Waals surface area contributed by atoms with Crippen LogP contribution < -0.4 is 10.3 Å². The molecule has 5 rings (SSSR count). The van der Waals surface area contributed by atoms with Crippen molar-refractivity contribution < 1.29 is 9.13 Å². The third-order valence-electron chi connectivity index (χ3n) is 5.56. The van der Waals surface area contributed by atoms with Gasteiger partial charge in [0, 0.05) is 12.7 Å². The van der Waals surface area contributed by atoms with Crippen molar-refractivity contribution in [1.29, 1.82) is 0 Å². The second kappa shape index (κ2) is 7.88. The number of rotatable bonds is 5. The molecule has 0 spiro atoms. The average Bonchev–Trinajstić information content (AvgIpc) is 3.15. The van der Waals surface area contributed by atoms with Crippen LogP contribution in [-0.2, 0) is 13.0 Å². The van der Waals surface area contributed by atoms with Crippen molar-refractivity contribution in [3.8, 4) is 16.9 Å². The van der Waals surface area contributed by atoms with Gasteiger partial charge in [0.05, 0.1) is 18.4 Å². The lowest BCUT2D eigenvalue weighted by atomic mass is 10.1. The molecule has 0 aliphatic rings. The molecule has 2 aromatic carbocycles. The van der Waals surface area contributed by atoms with Gasteiger partial charge in [0.15, 0.2) is 11.2 Å². The largest absolute Gasteiger partial charge is 0.497 e. The fraction of sp³-hybridized carbons (Fsp3) is 0.167. The Labute approximate surface area is 182 Å². The van der Waals surface area contributed by atoms with E-state index >= 15 is 0 Å². The Kier molecular flexibility index (Phi) is 4.89. The van der Waals surface area contributed by atoms with Gasteiger partial charge in [-0.05, 0) is 54.8 Å². The lowest BCUT2D eigenvalue weighted by Gasteiger charge is -2.08. The summed E-state index contributed by atoms with van der Waals surface area (Å²) < 4.78 is 21.8. The second-order valence-electron chi connectivity index (χ2n) is 7.55. The molecule has 0 atom stereocenters. The highest BCUT2D eigenvalue weighted by Gasteiger charge is 2.17. The van der Waals surface area contributed by atoms with Gasteiger partial charge in [0.2, 0.25) is 0 Å². The number of benzene rings is 2. The predicted molar refractivity (Wildman–Crippen MR) is 119 cm³/mol. The number of methoxy groups -OCH3 is 1. The molecule has 0 saturated heterocycles. The molecule has 3 aromatic heterocycles. The van der Waals surface area contributed by atoms with Crippen molar-refractivity contribution in [3.63, 3.8) is 0 Å². The van der Waals surface area contributed by atoms with Crippen LogP contribution in [0, 0.1) is 12.7 Å². The van der Waals surface area contributed by atoms with E-state index in [1.807, 2.05) is 37.3 Å². The highest BCUT2D eigenvalue weighted by atomic mass is 19.1. The predicted octanol–water partition coefficient (Wildman–Crippen LogP) is 3.81. The van der Waals surface area contributed by atoms with Crippen LogP contribution in [-0.4, -0.2) is 31.5 Å². The standard InChI is InChI=1S/C24H20FN5O2/c1-15-21(17-5-7-18(25)8-6-17)23-27-26-22-20(30(23)28-15)12-14-29(24(22)31)13-11-16-3-9-19(32-2)10-4-16/h3-10,12,14H,11,13H2,1-2H3. The lowest BCUT2D eigenvalue weighted by Crippen LogP contribution is -2.22. The van der Waals surface area contributed by atoms with E-state index in [9.17, 15) is 9.18 Å². The number of aromatic nitrogens is 5. The molecule has 0 bridgehead atoms. The Morgan fingerprint density at radius 1 is 1.00 bits per heavy atom. The lowest BCUT2D eigenvalue weighted by molar-refractivity contribution is 0.414. The van der Waals surface area contributed by atoms with Crippen LogP contribution in [0.3, 0.4) is 0 Å². The Hall–Kier alpha value is -4.07. The molecule has 0 saturated carbocycles. The minimum Gasteiger partial charge on any atom is -0.497 e. The van der Waals surface area contributed by atoms with Crippen molar-refractivity contribution in [1.82, 2.24) is 24.4 Å². The summed E-state index contributed by atoms with van der Waals surface area (Å²) in [6.45, 7) is 2.37. The van der Waals surface area contributed by atoms with Crippen LogP contribution in [0.25, 0.3) is 27.8 Å². The molecule has 0 radical (unpaired) electrons. The van der Waals surface area contributed by atoms with Crippen LogP contribution in [0.1, 0.15) is 11.3 Å². The number of aryl methyl sites for hydroxylation is 3. The van der Waals surface area contributed by atoms with E-state index in [4.69, 9.17) is 4.74 Å². The Bertz CT molecular complexity index is 1490. The molecule has 0 aliphatic heterocycles. The maximum atomic E-state index is 13.3. The summed E-state index contributed by atoms with van der Waals surface area (Å²) in [5.74, 6) is 0.486. The van der Waals surface area contributed by atoms with E-state index in [0.29, 0.717) is 24.1 Å². The molecular formula is C24H20FN5O2. The maximum Gasteiger partial charge on any atom is 0.280 e. The smallest absolute Gasteiger partial charge is 0.280 e. The molecule has 0 amide bonds. The Balaban J connectivity index is 1.52. The van der Waals surface area contributed by atoms with E-state index < -0.39 is 0 Å². The van der Waals surface area contributed by atoms with Crippen LogP contribution in [0.2, 0.25) is 0 Å². The number of fused-ring (bicyclic) bond motifs is 3. The van der Waals surface area contributed by atoms with Crippen LogP contribution in [0.5, 0.6) is 5.75 Å². The van der Waals surface area contributed by atoms with Gasteiger partial charge in [-0.2, -0.15) is 5.10 Å². The van der Waals surface area contributed by atoms with E-state index in [-0.39, 0.29) is 16.9 Å². The first-order valence-electron chi connectivity index (χ1n) is 10.2. The molecule has 32 heavy (non-hydrogen) atoms. The van der Waals surface area contributed by atoms with E-state index in [1.165, 1.54) is 12.1 Å². The van der Waals surface area contributed by atoms with Gasteiger partial charge in [-0.25, -0.2) is 8.91 Å². The molecule has 0 aliphatic carbocycles. The Morgan fingerprint density at radius 2 is 1.75 bits per heavy atom. The van der Waals surface area contributed by atoms with Crippen molar-refractivity contribution >= 4 is 16.7 Å². The van der Waals surface area contributed by atoms with Crippen LogP contribution in [0.15, 0.2) is 65.6 Å². The first-order chi connectivity index (χ1) is 15.5.